The van der Waals surface area contributed by atoms with E-state index in [0.29, 0.717) is 36.6 Å². The smallest absolute Gasteiger partial charge is 0.304 e. The van der Waals surface area contributed by atoms with E-state index in [0.717, 1.165) is 50.5 Å². The highest BCUT2D eigenvalue weighted by atomic mass is 32.2. The van der Waals surface area contributed by atoms with Gasteiger partial charge in [0.05, 0.1) is 11.2 Å². The minimum Gasteiger partial charge on any atom is -0.489 e. The molecular weight excluding hydrogens is 435 g/mol. The fraction of sp³-hybridized carbons (Fsp3) is 0.696. The first-order chi connectivity index (χ1) is 15.3. The number of benzene rings is 1. The lowest BCUT2D eigenvalue weighted by molar-refractivity contribution is -0.0413. The molecule has 4 bridgehead atoms. The maximum atomic E-state index is 15.1. The first kappa shape index (κ1) is 20.9. The van der Waals surface area contributed by atoms with Crippen molar-refractivity contribution in [3.63, 3.8) is 0 Å². The van der Waals surface area contributed by atoms with E-state index >= 15 is 4.39 Å². The predicted octanol–water partition coefficient (Wildman–Crippen LogP) is 2.97. The monoisotopic (exact) mass is 464 g/mol. The molecular formula is C23H29FN2O5S. The zero-order chi connectivity index (χ0) is 22.3. The van der Waals surface area contributed by atoms with Crippen LogP contribution < -0.4 is 9.46 Å². The summed E-state index contributed by atoms with van der Waals surface area (Å²) < 4.78 is 55.3. The van der Waals surface area contributed by atoms with Crippen LogP contribution in [0, 0.1) is 23.6 Å². The molecule has 6 aliphatic rings. The van der Waals surface area contributed by atoms with Crippen LogP contribution >= 0.6 is 0 Å². The normalized spacial score (nSPS) is 35.7. The zero-order valence-corrected chi connectivity index (χ0v) is 19.0. The SMILES string of the molecule is CO[C@]12CC3CC(C1)[C@@H](Oc1cc(F)c(C(=O)NS(=O)(=O)N4CCC4)cc1C1CC1)C2C3. The van der Waals surface area contributed by atoms with Crippen molar-refractivity contribution in [2.75, 3.05) is 20.2 Å². The van der Waals surface area contributed by atoms with Crippen LogP contribution in [-0.2, 0) is 14.9 Å². The van der Waals surface area contributed by atoms with Crippen molar-refractivity contribution in [1.29, 1.82) is 0 Å². The Bertz CT molecular complexity index is 1070. The molecule has 1 N–H and O–H groups in total. The Hall–Kier alpha value is -1.71. The van der Waals surface area contributed by atoms with E-state index in [-0.39, 0.29) is 23.2 Å². The number of nitrogens with one attached hydrogen (secondary N) is 1. The summed E-state index contributed by atoms with van der Waals surface area (Å²) in [6, 6.07) is 2.79. The van der Waals surface area contributed by atoms with Crippen LogP contribution in [0.15, 0.2) is 12.1 Å². The van der Waals surface area contributed by atoms with E-state index in [1.54, 1.807) is 7.11 Å². The molecule has 0 aromatic heterocycles. The molecule has 5 atom stereocenters. The summed E-state index contributed by atoms with van der Waals surface area (Å²) in [5.74, 6) is 0.449. The van der Waals surface area contributed by atoms with E-state index in [4.69, 9.17) is 9.47 Å². The Balaban J connectivity index is 1.27. The Morgan fingerprint density at radius 2 is 2.00 bits per heavy atom. The number of nitrogens with zero attached hydrogens (tertiary/aromatic N) is 1. The second kappa shape index (κ2) is 7.14. The lowest BCUT2D eigenvalue weighted by Gasteiger charge is -2.32. The third-order valence-corrected chi connectivity index (χ3v) is 9.90. The number of carbonyl (C=O) groups excluding carboxylic acids is 1. The molecule has 3 unspecified atom stereocenters. The van der Waals surface area contributed by atoms with E-state index in [1.807, 2.05) is 4.72 Å². The van der Waals surface area contributed by atoms with Gasteiger partial charge in [-0.3, -0.25) is 4.79 Å². The number of amides is 1. The Morgan fingerprint density at radius 1 is 1.22 bits per heavy atom. The number of methoxy groups -OCH3 is 1. The fourth-order valence-electron chi connectivity index (χ4n) is 6.65. The van der Waals surface area contributed by atoms with Gasteiger partial charge in [-0.15, -0.1) is 0 Å². The molecule has 0 spiro atoms. The summed E-state index contributed by atoms with van der Waals surface area (Å²) >= 11 is 0. The molecule has 1 amide bonds. The molecule has 9 heteroatoms. The van der Waals surface area contributed by atoms with Crippen LogP contribution in [0.2, 0.25) is 0 Å². The van der Waals surface area contributed by atoms with E-state index in [2.05, 4.69) is 0 Å². The molecule has 174 valence electrons. The molecule has 5 saturated carbocycles. The molecule has 1 saturated heterocycles. The van der Waals surface area contributed by atoms with Crippen molar-refractivity contribution in [3.05, 3.63) is 29.1 Å². The van der Waals surface area contributed by atoms with Gasteiger partial charge in [0.15, 0.2) is 0 Å². The number of hydrogen-bond donors (Lipinski definition) is 1. The molecule has 7 rings (SSSR count). The van der Waals surface area contributed by atoms with Gasteiger partial charge in [0.25, 0.3) is 5.91 Å². The molecule has 1 heterocycles. The van der Waals surface area contributed by atoms with Crippen molar-refractivity contribution in [2.45, 2.75) is 62.6 Å². The van der Waals surface area contributed by atoms with E-state index in [9.17, 15) is 13.2 Å². The second-order valence-electron chi connectivity index (χ2n) is 10.3. The Labute approximate surface area is 187 Å². The fourth-order valence-corrected chi connectivity index (χ4v) is 7.86. The number of carbonyl (C=O) groups is 1. The minimum atomic E-state index is -3.93. The third kappa shape index (κ3) is 3.19. The maximum absolute atomic E-state index is 15.1. The standard InChI is InChI=1S/C23H29FN2O5S/c1-30-23-11-13-7-15(12-23)21(18(23)8-13)31-20-10-19(24)17(9-16(20)14-3-4-14)22(27)25-32(28,29)26-5-2-6-26/h9-10,13-15,18,21H,2-8,11-12H2,1H3,(H,25,27)/t13?,15?,18?,21-,23-/m1/s1. The quantitative estimate of drug-likeness (QED) is 0.671. The van der Waals surface area contributed by atoms with Gasteiger partial charge in [-0.25, -0.2) is 9.11 Å². The van der Waals surface area contributed by atoms with Crippen LogP contribution in [0.5, 0.6) is 5.75 Å². The summed E-state index contributed by atoms with van der Waals surface area (Å²) in [5.41, 5.74) is 0.453. The molecule has 5 aliphatic carbocycles. The molecule has 1 aromatic carbocycles. The van der Waals surface area contributed by atoms with Crippen LogP contribution in [0.1, 0.15) is 66.8 Å². The molecule has 6 fully saturated rings. The van der Waals surface area contributed by atoms with Gasteiger partial charge in [0, 0.05) is 32.2 Å². The summed E-state index contributed by atoms with van der Waals surface area (Å²) in [6.45, 7) is 0.748. The van der Waals surface area contributed by atoms with Crippen molar-refractivity contribution in [1.82, 2.24) is 9.03 Å². The minimum absolute atomic E-state index is 0.00271. The highest BCUT2D eigenvalue weighted by Crippen LogP contribution is 2.63. The maximum Gasteiger partial charge on any atom is 0.304 e. The van der Waals surface area contributed by atoms with Crippen LogP contribution in [0.4, 0.5) is 4.39 Å². The molecule has 0 radical (unpaired) electrons. The number of rotatable bonds is 7. The summed E-state index contributed by atoms with van der Waals surface area (Å²) in [6.07, 6.45) is 6.96. The topological polar surface area (TPSA) is 84.9 Å². The van der Waals surface area contributed by atoms with Gasteiger partial charge >= 0.3 is 10.2 Å². The largest absolute Gasteiger partial charge is 0.489 e. The second-order valence-corrected chi connectivity index (χ2v) is 12.0. The van der Waals surface area contributed by atoms with E-state index in [1.165, 1.54) is 16.4 Å². The van der Waals surface area contributed by atoms with Crippen molar-refractivity contribution < 1.29 is 27.1 Å². The first-order valence-corrected chi connectivity index (χ1v) is 13.1. The molecule has 1 aromatic rings. The Kier molecular flexibility index (Phi) is 4.66. The van der Waals surface area contributed by atoms with Gasteiger partial charge < -0.3 is 9.47 Å². The van der Waals surface area contributed by atoms with Crippen LogP contribution in [0.25, 0.3) is 0 Å². The average molecular weight is 465 g/mol. The molecule has 32 heavy (non-hydrogen) atoms. The van der Waals surface area contributed by atoms with E-state index < -0.39 is 21.9 Å². The van der Waals surface area contributed by atoms with Gasteiger partial charge in [-0.2, -0.15) is 12.7 Å². The predicted molar refractivity (Wildman–Crippen MR) is 114 cm³/mol. The molecule has 7 nitrogen and oxygen atoms in total. The number of halogens is 1. The highest BCUT2D eigenvalue weighted by Gasteiger charge is 2.64. The van der Waals surface area contributed by atoms with Gasteiger partial charge in [-0.05, 0) is 74.3 Å². The highest BCUT2D eigenvalue weighted by molar-refractivity contribution is 7.87. The zero-order valence-electron chi connectivity index (χ0n) is 18.2. The number of ether oxygens (including phenoxy) is 2. The summed E-state index contributed by atoms with van der Waals surface area (Å²) in [7, 11) is -2.14. The number of hydrogen-bond acceptors (Lipinski definition) is 5. The van der Waals surface area contributed by atoms with Crippen LogP contribution in [0.3, 0.4) is 0 Å². The van der Waals surface area contributed by atoms with Crippen molar-refractivity contribution in [3.8, 4) is 5.75 Å². The van der Waals surface area contributed by atoms with Crippen LogP contribution in [-0.4, -0.2) is 50.5 Å². The lowest BCUT2D eigenvalue weighted by atomic mass is 9.80. The third-order valence-electron chi connectivity index (χ3n) is 8.41. The van der Waals surface area contributed by atoms with Gasteiger partial charge in [-0.1, -0.05) is 0 Å². The van der Waals surface area contributed by atoms with Gasteiger partial charge in [0.1, 0.15) is 17.7 Å². The Morgan fingerprint density at radius 3 is 2.66 bits per heavy atom. The van der Waals surface area contributed by atoms with Gasteiger partial charge in [0.2, 0.25) is 0 Å². The summed E-state index contributed by atoms with van der Waals surface area (Å²) in [5, 5.41) is 0. The van der Waals surface area contributed by atoms with Crippen molar-refractivity contribution in [2.24, 2.45) is 17.8 Å². The summed E-state index contributed by atoms with van der Waals surface area (Å²) in [4.78, 5) is 12.7. The molecule has 1 aliphatic heterocycles. The van der Waals surface area contributed by atoms with Crippen molar-refractivity contribution >= 4 is 16.1 Å². The first-order valence-electron chi connectivity index (χ1n) is 11.7. The lowest BCUT2D eigenvalue weighted by Crippen LogP contribution is -2.49. The average Bonchev–Trinajstić information content (AvgIpc) is 3.46.